The van der Waals surface area contributed by atoms with Gasteiger partial charge in [0.25, 0.3) is 5.91 Å². The molecule has 1 aliphatic rings. The van der Waals surface area contributed by atoms with Gasteiger partial charge in [-0.15, -0.1) is 0 Å². The lowest BCUT2D eigenvalue weighted by Crippen LogP contribution is -2.45. The molecule has 0 radical (unpaired) electrons. The van der Waals surface area contributed by atoms with E-state index in [9.17, 15) is 9.90 Å². The summed E-state index contributed by atoms with van der Waals surface area (Å²) in [6, 6.07) is 1.66. The van der Waals surface area contributed by atoms with Gasteiger partial charge in [0.2, 0.25) is 0 Å². The number of carbonyl (C=O) groups is 1. The fourth-order valence-electron chi connectivity index (χ4n) is 2.83. The highest BCUT2D eigenvalue weighted by molar-refractivity contribution is 6.33. The molecule has 21 heavy (non-hydrogen) atoms. The van der Waals surface area contributed by atoms with Crippen molar-refractivity contribution in [3.05, 3.63) is 28.5 Å². The van der Waals surface area contributed by atoms with Crippen LogP contribution in [0.2, 0.25) is 5.02 Å². The van der Waals surface area contributed by atoms with Gasteiger partial charge in [-0.3, -0.25) is 9.78 Å². The van der Waals surface area contributed by atoms with Crippen molar-refractivity contribution in [1.82, 2.24) is 10.3 Å². The second-order valence-electron chi connectivity index (χ2n) is 6.06. The monoisotopic (exact) mass is 310 g/mol. The third-order valence-electron chi connectivity index (χ3n) is 4.43. The Morgan fingerprint density at radius 2 is 2.19 bits per heavy atom. The summed E-state index contributed by atoms with van der Waals surface area (Å²) in [6.45, 7) is 4.28. The smallest absolute Gasteiger partial charge is 0.254 e. The molecule has 1 fully saturated rings. The maximum atomic E-state index is 12.1. The average Bonchev–Trinajstić information content (AvgIpc) is 2.46. The molecular formula is C16H23ClN2O2. The lowest BCUT2D eigenvalue weighted by molar-refractivity contribution is -0.00786. The minimum Gasteiger partial charge on any atom is -0.388 e. The fraction of sp³-hybridized carbons (Fsp3) is 0.625. The first kappa shape index (κ1) is 16.2. The molecule has 0 bridgehead atoms. The highest BCUT2D eigenvalue weighted by Gasteiger charge is 2.33. The van der Waals surface area contributed by atoms with Crippen LogP contribution in [0.5, 0.6) is 0 Å². The zero-order chi connectivity index (χ0) is 15.5. The summed E-state index contributed by atoms with van der Waals surface area (Å²) in [5, 5.41) is 13.7. The van der Waals surface area contributed by atoms with E-state index < -0.39 is 5.60 Å². The van der Waals surface area contributed by atoms with Gasteiger partial charge in [0.15, 0.2) is 0 Å². The van der Waals surface area contributed by atoms with Gasteiger partial charge in [0, 0.05) is 18.4 Å². The Hall–Kier alpha value is -1.13. The predicted molar refractivity (Wildman–Crippen MR) is 83.5 cm³/mol. The van der Waals surface area contributed by atoms with Crippen LogP contribution in [0.4, 0.5) is 0 Å². The molecular weight excluding hydrogens is 288 g/mol. The third-order valence-corrected chi connectivity index (χ3v) is 4.74. The van der Waals surface area contributed by atoms with Crippen molar-refractivity contribution < 1.29 is 9.90 Å². The summed E-state index contributed by atoms with van der Waals surface area (Å²) in [5.41, 5.74) is 0.340. The molecule has 0 spiro atoms. The van der Waals surface area contributed by atoms with E-state index in [-0.39, 0.29) is 12.5 Å². The van der Waals surface area contributed by atoms with Crippen molar-refractivity contribution in [3.8, 4) is 0 Å². The van der Waals surface area contributed by atoms with Crippen LogP contribution in [0, 0.1) is 12.8 Å². The van der Waals surface area contributed by atoms with Crippen LogP contribution in [0.15, 0.2) is 12.3 Å². The average molecular weight is 311 g/mol. The van der Waals surface area contributed by atoms with Crippen LogP contribution in [0.1, 0.15) is 55.1 Å². The maximum Gasteiger partial charge on any atom is 0.254 e. The van der Waals surface area contributed by atoms with Crippen molar-refractivity contribution in [2.75, 3.05) is 6.54 Å². The zero-order valence-electron chi connectivity index (χ0n) is 12.7. The topological polar surface area (TPSA) is 62.2 Å². The van der Waals surface area contributed by atoms with Crippen LogP contribution >= 0.6 is 11.6 Å². The van der Waals surface area contributed by atoms with E-state index in [1.54, 1.807) is 6.07 Å². The highest BCUT2D eigenvalue weighted by Crippen LogP contribution is 2.33. The number of halogens is 1. The fourth-order valence-corrected chi connectivity index (χ4v) is 3.13. The number of nitrogens with one attached hydrogen (secondary N) is 1. The van der Waals surface area contributed by atoms with Crippen LogP contribution < -0.4 is 5.32 Å². The van der Waals surface area contributed by atoms with E-state index in [0.29, 0.717) is 16.5 Å². The largest absolute Gasteiger partial charge is 0.388 e. The van der Waals surface area contributed by atoms with Crippen molar-refractivity contribution in [2.45, 2.75) is 51.6 Å². The number of aliphatic hydroxyl groups is 1. The van der Waals surface area contributed by atoms with Crippen molar-refractivity contribution in [2.24, 2.45) is 5.92 Å². The molecule has 1 aromatic heterocycles. The molecule has 4 nitrogen and oxygen atoms in total. The molecule has 0 aromatic carbocycles. The first-order chi connectivity index (χ1) is 9.93. The van der Waals surface area contributed by atoms with E-state index in [2.05, 4.69) is 17.2 Å². The van der Waals surface area contributed by atoms with E-state index in [4.69, 9.17) is 11.6 Å². The number of hydrogen-bond donors (Lipinski definition) is 2. The summed E-state index contributed by atoms with van der Waals surface area (Å²) in [6.07, 6.45) is 6.17. The minimum absolute atomic E-state index is 0.270. The molecule has 1 saturated carbocycles. The summed E-state index contributed by atoms with van der Waals surface area (Å²) in [7, 11) is 0. The molecule has 2 N–H and O–H groups in total. The lowest BCUT2D eigenvalue weighted by Gasteiger charge is -2.35. The number of hydrogen-bond acceptors (Lipinski definition) is 3. The third kappa shape index (κ3) is 4.17. The first-order valence-electron chi connectivity index (χ1n) is 7.56. The maximum absolute atomic E-state index is 12.1. The van der Waals surface area contributed by atoms with E-state index in [1.165, 1.54) is 6.20 Å². The molecule has 1 heterocycles. The number of amides is 1. The molecule has 0 aliphatic heterocycles. The van der Waals surface area contributed by atoms with Gasteiger partial charge in [-0.05, 0) is 44.6 Å². The van der Waals surface area contributed by atoms with Gasteiger partial charge in [0.1, 0.15) is 0 Å². The van der Waals surface area contributed by atoms with Crippen LogP contribution in [0.25, 0.3) is 0 Å². The van der Waals surface area contributed by atoms with E-state index in [1.807, 2.05) is 6.92 Å². The summed E-state index contributed by atoms with van der Waals surface area (Å²) in [5.74, 6) is 0.426. The standard InChI is InChI=1S/C16H23ClN2O2/c1-3-12-4-6-16(21,7-5-12)10-19-15(20)13-9-18-11(2)8-14(13)17/h8-9,12,21H,3-7,10H2,1-2H3,(H,19,20). The molecule has 0 saturated heterocycles. The highest BCUT2D eigenvalue weighted by atomic mass is 35.5. The Morgan fingerprint density at radius 1 is 1.52 bits per heavy atom. The molecule has 0 unspecified atom stereocenters. The molecule has 0 atom stereocenters. The van der Waals surface area contributed by atoms with Gasteiger partial charge >= 0.3 is 0 Å². The second-order valence-corrected chi connectivity index (χ2v) is 6.47. The number of carbonyl (C=O) groups excluding carboxylic acids is 1. The van der Waals surface area contributed by atoms with Gasteiger partial charge < -0.3 is 10.4 Å². The van der Waals surface area contributed by atoms with Gasteiger partial charge in [-0.1, -0.05) is 24.9 Å². The van der Waals surface area contributed by atoms with Crippen molar-refractivity contribution in [3.63, 3.8) is 0 Å². The Kier molecular flexibility index (Phi) is 5.22. The molecule has 116 valence electrons. The predicted octanol–water partition coefficient (Wildman–Crippen LogP) is 3.10. The van der Waals surface area contributed by atoms with Crippen LogP contribution in [-0.2, 0) is 0 Å². The van der Waals surface area contributed by atoms with Crippen molar-refractivity contribution >= 4 is 17.5 Å². The van der Waals surface area contributed by atoms with E-state index >= 15 is 0 Å². The summed E-state index contributed by atoms with van der Waals surface area (Å²) >= 11 is 6.06. The number of nitrogens with zero attached hydrogens (tertiary/aromatic N) is 1. The molecule has 1 amide bonds. The van der Waals surface area contributed by atoms with E-state index in [0.717, 1.165) is 37.8 Å². The Bertz CT molecular complexity index is 511. The Balaban J connectivity index is 1.92. The number of aromatic nitrogens is 1. The SMILES string of the molecule is CCC1CCC(O)(CNC(=O)c2cnc(C)cc2Cl)CC1. The van der Waals surface area contributed by atoms with Gasteiger partial charge in [-0.25, -0.2) is 0 Å². The molecule has 1 aliphatic carbocycles. The second kappa shape index (κ2) is 6.75. The quantitative estimate of drug-likeness (QED) is 0.898. The number of aryl methyl sites for hydroxylation is 1. The zero-order valence-corrected chi connectivity index (χ0v) is 13.4. The lowest BCUT2D eigenvalue weighted by atomic mass is 9.78. The van der Waals surface area contributed by atoms with Crippen molar-refractivity contribution in [1.29, 1.82) is 0 Å². The molecule has 1 aromatic rings. The van der Waals surface area contributed by atoms with Gasteiger partial charge in [-0.2, -0.15) is 0 Å². The minimum atomic E-state index is -0.786. The first-order valence-corrected chi connectivity index (χ1v) is 7.94. The normalized spacial score (nSPS) is 25.6. The number of rotatable bonds is 4. The van der Waals surface area contributed by atoms with Gasteiger partial charge in [0.05, 0.1) is 16.2 Å². The van der Waals surface area contributed by atoms with Crippen LogP contribution in [-0.4, -0.2) is 28.1 Å². The molecule has 5 heteroatoms. The Labute approximate surface area is 130 Å². The number of pyridine rings is 1. The molecule has 2 rings (SSSR count). The summed E-state index contributed by atoms with van der Waals surface area (Å²) in [4.78, 5) is 16.2. The Morgan fingerprint density at radius 3 is 2.76 bits per heavy atom. The summed E-state index contributed by atoms with van der Waals surface area (Å²) < 4.78 is 0. The van der Waals surface area contributed by atoms with Crippen LogP contribution in [0.3, 0.4) is 0 Å².